The smallest absolute Gasteiger partial charge is 0.308 e. The van der Waals surface area contributed by atoms with Gasteiger partial charge in [0.15, 0.2) is 6.10 Å². The molecule has 0 saturated heterocycles. The molecule has 1 aromatic carbocycles. The number of esters is 1. The van der Waals surface area contributed by atoms with E-state index in [0.717, 1.165) is 37.7 Å². The Balaban J connectivity index is 1.21. The minimum atomic E-state index is -0.876. The molecule has 0 radical (unpaired) electrons. The molecular formula is C27H38N2O4. The summed E-state index contributed by atoms with van der Waals surface area (Å²) in [5, 5.41) is 6.01. The van der Waals surface area contributed by atoms with Crippen LogP contribution in [-0.2, 0) is 19.1 Å². The molecule has 4 aliphatic carbocycles. The molecule has 0 spiro atoms. The molecule has 2 amide bonds. The van der Waals surface area contributed by atoms with Gasteiger partial charge in [-0.1, -0.05) is 43.7 Å². The van der Waals surface area contributed by atoms with Crippen LogP contribution in [0.15, 0.2) is 30.3 Å². The van der Waals surface area contributed by atoms with E-state index in [2.05, 4.69) is 17.6 Å². The molecule has 5 rings (SSSR count). The van der Waals surface area contributed by atoms with Gasteiger partial charge in [-0.3, -0.25) is 14.4 Å². The summed E-state index contributed by atoms with van der Waals surface area (Å²) >= 11 is 0. The topological polar surface area (TPSA) is 84.5 Å². The number of carbonyl (C=O) groups excluding carboxylic acids is 3. The number of carbonyl (C=O) groups is 3. The highest BCUT2D eigenvalue weighted by Crippen LogP contribution is 2.60. The normalized spacial score (nSPS) is 29.2. The van der Waals surface area contributed by atoms with E-state index in [1.165, 1.54) is 19.3 Å². The minimum Gasteiger partial charge on any atom is -0.452 e. The lowest BCUT2D eigenvalue weighted by Crippen LogP contribution is -2.53. The van der Waals surface area contributed by atoms with E-state index >= 15 is 0 Å². The van der Waals surface area contributed by atoms with Gasteiger partial charge >= 0.3 is 5.97 Å². The van der Waals surface area contributed by atoms with Crippen molar-refractivity contribution in [1.29, 1.82) is 0 Å². The highest BCUT2D eigenvalue weighted by molar-refractivity contribution is 5.85. The second-order valence-corrected chi connectivity index (χ2v) is 10.6. The van der Waals surface area contributed by atoms with Crippen molar-refractivity contribution in [2.24, 2.45) is 23.2 Å². The Labute approximate surface area is 197 Å². The molecule has 0 aromatic heterocycles. The largest absolute Gasteiger partial charge is 0.452 e. The molecule has 2 atom stereocenters. The molecule has 2 N–H and O–H groups in total. The summed E-state index contributed by atoms with van der Waals surface area (Å²) in [6.45, 7) is 3.93. The predicted molar refractivity (Wildman–Crippen MR) is 126 cm³/mol. The number of amides is 2. The molecule has 6 heteroatoms. The molecule has 180 valence electrons. The second kappa shape index (κ2) is 10.3. The highest BCUT2D eigenvalue weighted by Gasteiger charge is 2.54. The summed E-state index contributed by atoms with van der Waals surface area (Å²) in [4.78, 5) is 37.9. The lowest BCUT2D eigenvalue weighted by molar-refractivity contribution is -0.155. The third-order valence-corrected chi connectivity index (χ3v) is 7.91. The Morgan fingerprint density at radius 3 is 2.21 bits per heavy atom. The van der Waals surface area contributed by atoms with Crippen molar-refractivity contribution in [3.05, 3.63) is 35.9 Å². The quantitative estimate of drug-likeness (QED) is 0.516. The van der Waals surface area contributed by atoms with Crippen molar-refractivity contribution in [3.63, 3.8) is 0 Å². The van der Waals surface area contributed by atoms with Crippen LogP contribution in [0.5, 0.6) is 0 Å². The van der Waals surface area contributed by atoms with Crippen LogP contribution in [0.4, 0.5) is 0 Å². The fourth-order valence-electron chi connectivity index (χ4n) is 6.75. The molecule has 4 saturated carbocycles. The fraction of sp³-hybridized carbons (Fsp3) is 0.667. The summed E-state index contributed by atoms with van der Waals surface area (Å²) in [5.74, 6) is 1.47. The molecule has 0 heterocycles. The average Bonchev–Trinajstić information content (AvgIpc) is 2.78. The highest BCUT2D eigenvalue weighted by atomic mass is 16.5. The number of hydrogen-bond acceptors (Lipinski definition) is 4. The van der Waals surface area contributed by atoms with E-state index in [1.54, 1.807) is 6.92 Å². The second-order valence-electron chi connectivity index (χ2n) is 10.6. The molecule has 4 aliphatic rings. The van der Waals surface area contributed by atoms with Crippen LogP contribution in [-0.4, -0.2) is 30.4 Å². The first kappa shape index (κ1) is 23.8. The van der Waals surface area contributed by atoms with Crippen LogP contribution in [0.3, 0.4) is 0 Å². The third kappa shape index (κ3) is 5.59. The monoisotopic (exact) mass is 454 g/mol. The minimum absolute atomic E-state index is 0.0762. The van der Waals surface area contributed by atoms with Crippen molar-refractivity contribution < 1.29 is 19.1 Å². The van der Waals surface area contributed by atoms with Gasteiger partial charge in [-0.05, 0) is 75.2 Å². The van der Waals surface area contributed by atoms with Gasteiger partial charge in [-0.2, -0.15) is 0 Å². The van der Waals surface area contributed by atoms with Gasteiger partial charge < -0.3 is 15.4 Å². The van der Waals surface area contributed by atoms with Crippen LogP contribution >= 0.6 is 0 Å². The van der Waals surface area contributed by atoms with Gasteiger partial charge in [0.25, 0.3) is 5.91 Å². The van der Waals surface area contributed by atoms with E-state index < -0.39 is 12.1 Å². The van der Waals surface area contributed by atoms with E-state index in [0.29, 0.717) is 17.8 Å². The summed E-state index contributed by atoms with van der Waals surface area (Å²) in [6, 6.07) is 9.72. The van der Waals surface area contributed by atoms with Gasteiger partial charge in [0.1, 0.15) is 0 Å². The van der Waals surface area contributed by atoms with Crippen molar-refractivity contribution >= 4 is 17.8 Å². The molecule has 6 nitrogen and oxygen atoms in total. The number of hydrogen-bond donors (Lipinski definition) is 2. The first-order chi connectivity index (χ1) is 15.9. The van der Waals surface area contributed by atoms with Crippen molar-refractivity contribution in [3.8, 4) is 0 Å². The van der Waals surface area contributed by atoms with Crippen LogP contribution in [0, 0.1) is 23.2 Å². The molecule has 2 unspecified atom stereocenters. The summed E-state index contributed by atoms with van der Waals surface area (Å²) in [5.41, 5.74) is 0.830. The van der Waals surface area contributed by atoms with Gasteiger partial charge in [0.2, 0.25) is 5.91 Å². The fourth-order valence-corrected chi connectivity index (χ4v) is 6.75. The zero-order chi connectivity index (χ0) is 23.4. The van der Waals surface area contributed by atoms with Gasteiger partial charge in [-0.25, -0.2) is 0 Å². The van der Waals surface area contributed by atoms with Crippen LogP contribution in [0.2, 0.25) is 0 Å². The SMILES string of the molecule is CCCC(NC(=O)C(C)OC(=O)CCNC(=O)C12CC3CC(CC(C3)C1)C2)c1ccccc1. The Morgan fingerprint density at radius 1 is 1.03 bits per heavy atom. The lowest BCUT2D eigenvalue weighted by atomic mass is 9.49. The van der Waals surface area contributed by atoms with E-state index in [9.17, 15) is 14.4 Å². The number of nitrogens with one attached hydrogen (secondary N) is 2. The molecule has 4 fully saturated rings. The molecule has 33 heavy (non-hydrogen) atoms. The Hall–Kier alpha value is -2.37. The van der Waals surface area contributed by atoms with E-state index in [1.807, 2.05) is 30.3 Å². The zero-order valence-corrected chi connectivity index (χ0v) is 20.0. The first-order valence-electron chi connectivity index (χ1n) is 12.7. The van der Waals surface area contributed by atoms with Crippen molar-refractivity contribution in [1.82, 2.24) is 10.6 Å². The molecule has 0 aliphatic heterocycles. The molecule has 1 aromatic rings. The van der Waals surface area contributed by atoms with Crippen LogP contribution in [0.25, 0.3) is 0 Å². The zero-order valence-electron chi connectivity index (χ0n) is 20.0. The number of rotatable bonds is 10. The van der Waals surface area contributed by atoms with Gasteiger partial charge in [-0.15, -0.1) is 0 Å². The Bertz CT molecular complexity index is 818. The van der Waals surface area contributed by atoms with Crippen LogP contribution < -0.4 is 10.6 Å². The maximum absolute atomic E-state index is 13.0. The maximum Gasteiger partial charge on any atom is 0.308 e. The number of ether oxygens (including phenoxy) is 1. The lowest BCUT2D eigenvalue weighted by Gasteiger charge is -2.55. The standard InChI is InChI=1S/C27H38N2O4/c1-3-7-23(22-8-5-4-6-9-22)29-25(31)18(2)33-24(30)10-11-28-26(32)27-15-19-12-20(16-27)14-21(13-19)17-27/h4-6,8-9,18-21,23H,3,7,10-17H2,1-2H3,(H,28,32)(H,29,31). The third-order valence-electron chi connectivity index (χ3n) is 7.91. The Kier molecular flexibility index (Phi) is 7.40. The van der Waals surface area contributed by atoms with Crippen molar-refractivity contribution in [2.75, 3.05) is 6.54 Å². The van der Waals surface area contributed by atoms with Crippen molar-refractivity contribution in [2.45, 2.75) is 83.8 Å². The van der Waals surface area contributed by atoms with Crippen LogP contribution in [0.1, 0.15) is 83.2 Å². The Morgan fingerprint density at radius 2 is 1.64 bits per heavy atom. The van der Waals surface area contributed by atoms with Gasteiger partial charge in [0.05, 0.1) is 12.5 Å². The van der Waals surface area contributed by atoms with Gasteiger partial charge in [0, 0.05) is 12.0 Å². The predicted octanol–water partition coefficient (Wildman–Crippen LogP) is 4.30. The summed E-state index contributed by atoms with van der Waals surface area (Å²) < 4.78 is 5.36. The first-order valence-corrected chi connectivity index (χ1v) is 12.7. The van der Waals surface area contributed by atoms with E-state index in [4.69, 9.17) is 4.74 Å². The molecule has 4 bridgehead atoms. The maximum atomic E-state index is 13.0. The summed E-state index contributed by atoms with van der Waals surface area (Å²) in [6.07, 6.45) is 7.84. The van der Waals surface area contributed by atoms with E-state index in [-0.39, 0.29) is 36.2 Å². The molecular weight excluding hydrogens is 416 g/mol. The summed E-state index contributed by atoms with van der Waals surface area (Å²) in [7, 11) is 0. The number of benzene rings is 1. The average molecular weight is 455 g/mol.